The van der Waals surface area contributed by atoms with Gasteiger partial charge in [-0.2, -0.15) is 0 Å². The van der Waals surface area contributed by atoms with E-state index in [-0.39, 0.29) is 0 Å². The van der Waals surface area contributed by atoms with E-state index in [1.165, 1.54) is 25.7 Å². The molecule has 0 bridgehead atoms. The van der Waals surface area contributed by atoms with Crippen molar-refractivity contribution in [3.05, 3.63) is 0 Å². The van der Waals surface area contributed by atoms with E-state index in [9.17, 15) is 0 Å². The van der Waals surface area contributed by atoms with E-state index in [4.69, 9.17) is 5.11 Å². The second-order valence-electron chi connectivity index (χ2n) is 5.45. The van der Waals surface area contributed by atoms with Crippen LogP contribution in [0.15, 0.2) is 0 Å². The maximum atomic E-state index is 8.77. The average Bonchev–Trinajstić information content (AvgIpc) is 2.14. The molecule has 1 N–H and O–H groups in total. The lowest BCUT2D eigenvalue weighted by Crippen LogP contribution is -2.37. The van der Waals surface area contributed by atoms with E-state index in [0.717, 1.165) is 19.0 Å². The third-order valence-electron chi connectivity index (χ3n) is 3.60. The van der Waals surface area contributed by atoms with Gasteiger partial charge in [-0.3, -0.25) is 0 Å². The van der Waals surface area contributed by atoms with Gasteiger partial charge in [-0.1, -0.05) is 13.8 Å². The summed E-state index contributed by atoms with van der Waals surface area (Å²) in [6, 6.07) is 0.759. The number of aliphatic hydroxyl groups is 1. The van der Waals surface area contributed by atoms with Gasteiger partial charge in [0, 0.05) is 19.2 Å². The maximum absolute atomic E-state index is 8.77. The minimum absolute atomic E-state index is 0.322. The molecular weight excluding hydrogens is 174 g/mol. The van der Waals surface area contributed by atoms with E-state index >= 15 is 0 Å². The highest BCUT2D eigenvalue weighted by Crippen LogP contribution is 2.36. The number of hydrogen-bond acceptors (Lipinski definition) is 2. The molecule has 0 amide bonds. The summed E-state index contributed by atoms with van der Waals surface area (Å²) >= 11 is 0. The van der Waals surface area contributed by atoms with Gasteiger partial charge < -0.3 is 10.0 Å². The van der Waals surface area contributed by atoms with E-state index in [0.29, 0.717) is 12.0 Å². The first-order chi connectivity index (χ1) is 6.55. The minimum atomic E-state index is 0.322. The number of nitrogens with zero attached hydrogens (tertiary/aromatic N) is 1. The molecule has 0 aliphatic heterocycles. The average molecular weight is 199 g/mol. The van der Waals surface area contributed by atoms with E-state index in [1.54, 1.807) is 0 Å². The van der Waals surface area contributed by atoms with Crippen LogP contribution in [0.1, 0.15) is 46.0 Å². The first kappa shape index (κ1) is 12.0. The minimum Gasteiger partial charge on any atom is -0.396 e. The summed E-state index contributed by atoms with van der Waals surface area (Å²) < 4.78 is 0. The summed E-state index contributed by atoms with van der Waals surface area (Å²) in [5.74, 6) is 0. The first-order valence-corrected chi connectivity index (χ1v) is 5.86. The lowest BCUT2D eigenvalue weighted by Gasteiger charge is -2.38. The fourth-order valence-electron chi connectivity index (χ4n) is 2.33. The SMILES string of the molecule is CN(CCCO)C1CCC(C)(C)CC1. The lowest BCUT2D eigenvalue weighted by atomic mass is 9.75. The van der Waals surface area contributed by atoms with Crippen LogP contribution < -0.4 is 0 Å². The summed E-state index contributed by atoms with van der Waals surface area (Å²) in [4.78, 5) is 2.42. The molecule has 0 spiro atoms. The van der Waals surface area contributed by atoms with E-state index in [2.05, 4.69) is 25.8 Å². The second kappa shape index (κ2) is 5.13. The summed E-state index contributed by atoms with van der Waals surface area (Å²) in [7, 11) is 2.19. The Morgan fingerprint density at radius 3 is 2.36 bits per heavy atom. The van der Waals surface area contributed by atoms with Gasteiger partial charge in [-0.05, 0) is 44.6 Å². The first-order valence-electron chi connectivity index (χ1n) is 5.86. The van der Waals surface area contributed by atoms with Crippen molar-refractivity contribution >= 4 is 0 Å². The van der Waals surface area contributed by atoms with Crippen molar-refractivity contribution in [3.8, 4) is 0 Å². The molecular formula is C12H25NO. The predicted molar refractivity (Wildman–Crippen MR) is 60.4 cm³/mol. The molecule has 0 saturated heterocycles. The Morgan fingerprint density at radius 2 is 1.86 bits per heavy atom. The quantitative estimate of drug-likeness (QED) is 0.751. The molecule has 0 aromatic carbocycles. The normalized spacial score (nSPS) is 22.9. The summed E-state index contributed by atoms with van der Waals surface area (Å²) in [6.45, 7) is 6.11. The van der Waals surface area contributed by atoms with Crippen molar-refractivity contribution in [1.82, 2.24) is 4.90 Å². The fourth-order valence-corrected chi connectivity index (χ4v) is 2.33. The highest BCUT2D eigenvalue weighted by molar-refractivity contribution is 4.82. The molecule has 0 aromatic heterocycles. The van der Waals surface area contributed by atoms with Crippen LogP contribution in [0.25, 0.3) is 0 Å². The Labute approximate surface area is 88.3 Å². The van der Waals surface area contributed by atoms with Crippen LogP contribution in [0.3, 0.4) is 0 Å². The van der Waals surface area contributed by atoms with Crippen LogP contribution in [0.5, 0.6) is 0 Å². The molecule has 84 valence electrons. The summed E-state index contributed by atoms with van der Waals surface area (Å²) in [5, 5.41) is 8.77. The van der Waals surface area contributed by atoms with Crippen LogP contribution in [0.4, 0.5) is 0 Å². The highest BCUT2D eigenvalue weighted by Gasteiger charge is 2.28. The van der Waals surface area contributed by atoms with Gasteiger partial charge in [-0.15, -0.1) is 0 Å². The number of hydrogen-bond donors (Lipinski definition) is 1. The van der Waals surface area contributed by atoms with Gasteiger partial charge in [0.15, 0.2) is 0 Å². The Balaban J connectivity index is 2.27. The predicted octanol–water partition coefficient (Wildman–Crippen LogP) is 2.27. The topological polar surface area (TPSA) is 23.5 Å². The number of rotatable bonds is 4. The molecule has 1 saturated carbocycles. The molecule has 0 unspecified atom stereocenters. The zero-order valence-corrected chi connectivity index (χ0v) is 9.92. The summed E-state index contributed by atoms with van der Waals surface area (Å²) in [6.07, 6.45) is 6.27. The summed E-state index contributed by atoms with van der Waals surface area (Å²) in [5.41, 5.74) is 0.564. The molecule has 2 nitrogen and oxygen atoms in total. The van der Waals surface area contributed by atoms with Gasteiger partial charge in [0.05, 0.1) is 0 Å². The molecule has 0 radical (unpaired) electrons. The van der Waals surface area contributed by atoms with Crippen molar-refractivity contribution < 1.29 is 5.11 Å². The van der Waals surface area contributed by atoms with Gasteiger partial charge in [0.1, 0.15) is 0 Å². The highest BCUT2D eigenvalue weighted by atomic mass is 16.3. The number of aliphatic hydroxyl groups excluding tert-OH is 1. The second-order valence-corrected chi connectivity index (χ2v) is 5.45. The van der Waals surface area contributed by atoms with Crippen molar-refractivity contribution in [3.63, 3.8) is 0 Å². The zero-order chi connectivity index (χ0) is 10.6. The van der Waals surface area contributed by atoms with Crippen molar-refractivity contribution in [2.45, 2.75) is 52.0 Å². The van der Waals surface area contributed by atoms with Gasteiger partial charge in [0.2, 0.25) is 0 Å². The fraction of sp³-hybridized carbons (Fsp3) is 1.00. The van der Waals surface area contributed by atoms with Gasteiger partial charge >= 0.3 is 0 Å². The lowest BCUT2D eigenvalue weighted by molar-refractivity contribution is 0.121. The Hall–Kier alpha value is -0.0800. The molecule has 0 atom stereocenters. The van der Waals surface area contributed by atoms with Crippen molar-refractivity contribution in [1.29, 1.82) is 0 Å². The van der Waals surface area contributed by atoms with Crippen LogP contribution in [-0.2, 0) is 0 Å². The Bertz CT molecular complexity index is 158. The van der Waals surface area contributed by atoms with Crippen LogP contribution in [0.2, 0.25) is 0 Å². The largest absolute Gasteiger partial charge is 0.396 e. The molecule has 0 aromatic rings. The molecule has 2 heteroatoms. The third-order valence-corrected chi connectivity index (χ3v) is 3.60. The van der Waals surface area contributed by atoms with E-state index in [1.807, 2.05) is 0 Å². The van der Waals surface area contributed by atoms with Crippen LogP contribution >= 0.6 is 0 Å². The van der Waals surface area contributed by atoms with Crippen molar-refractivity contribution in [2.75, 3.05) is 20.2 Å². The smallest absolute Gasteiger partial charge is 0.0443 e. The molecule has 1 aliphatic rings. The Morgan fingerprint density at radius 1 is 1.29 bits per heavy atom. The van der Waals surface area contributed by atoms with E-state index < -0.39 is 0 Å². The monoisotopic (exact) mass is 199 g/mol. The molecule has 1 fully saturated rings. The third kappa shape index (κ3) is 3.58. The molecule has 1 rings (SSSR count). The molecule has 14 heavy (non-hydrogen) atoms. The standard InChI is InChI=1S/C12H25NO/c1-12(2)7-5-11(6-8-12)13(3)9-4-10-14/h11,14H,4-10H2,1-3H3. The van der Waals surface area contributed by atoms with Gasteiger partial charge in [0.25, 0.3) is 0 Å². The van der Waals surface area contributed by atoms with Crippen LogP contribution in [0, 0.1) is 5.41 Å². The molecule has 1 aliphatic carbocycles. The Kier molecular flexibility index (Phi) is 4.39. The van der Waals surface area contributed by atoms with Crippen LogP contribution in [-0.4, -0.2) is 36.2 Å². The maximum Gasteiger partial charge on any atom is 0.0443 e. The molecule has 0 heterocycles. The van der Waals surface area contributed by atoms with Crippen molar-refractivity contribution in [2.24, 2.45) is 5.41 Å². The zero-order valence-electron chi connectivity index (χ0n) is 9.92. The van der Waals surface area contributed by atoms with Gasteiger partial charge in [-0.25, -0.2) is 0 Å².